The molecule has 0 N–H and O–H groups in total. The second kappa shape index (κ2) is 13.0. The van der Waals surface area contributed by atoms with Gasteiger partial charge in [0.25, 0.3) is 0 Å². The van der Waals surface area contributed by atoms with Gasteiger partial charge in [0.1, 0.15) is 23.6 Å². The summed E-state index contributed by atoms with van der Waals surface area (Å²) in [5.41, 5.74) is 2.27. The van der Waals surface area contributed by atoms with Crippen molar-refractivity contribution in [1.29, 1.82) is 0 Å². The molecule has 4 heterocycles. The van der Waals surface area contributed by atoms with Crippen molar-refractivity contribution in [1.82, 2.24) is 19.4 Å². The maximum Gasteiger partial charge on any atom is 0.418 e. The van der Waals surface area contributed by atoms with Crippen LogP contribution in [-0.4, -0.2) is 68.9 Å². The van der Waals surface area contributed by atoms with Crippen LogP contribution in [0.25, 0.3) is 11.3 Å². The van der Waals surface area contributed by atoms with Crippen molar-refractivity contribution in [3.8, 4) is 11.3 Å². The molecule has 0 aromatic carbocycles. The van der Waals surface area contributed by atoms with Crippen molar-refractivity contribution < 1.29 is 27.8 Å². The van der Waals surface area contributed by atoms with Gasteiger partial charge in [-0.3, -0.25) is 9.36 Å². The molecule has 1 saturated heterocycles. The lowest BCUT2D eigenvalue weighted by Crippen LogP contribution is -2.39. The number of hydrogen-bond acceptors (Lipinski definition) is 7. The molecule has 42 heavy (non-hydrogen) atoms. The zero-order valence-corrected chi connectivity index (χ0v) is 25.3. The predicted molar refractivity (Wildman–Crippen MR) is 156 cm³/mol. The largest absolute Gasteiger partial charge is 0.488 e. The zero-order chi connectivity index (χ0) is 30.6. The van der Waals surface area contributed by atoms with Crippen LogP contribution in [0, 0.1) is 0 Å². The number of aromatic nitrogens is 3. The number of anilines is 1. The SMILES string of the molecule is CC.CC(=O)N1CCc2nc(N3CCC(OC4=CC[C@@H](F)C=C4F)CC3)c(-c3ccn(C(=O)OC(C)(C)C)c3)nc2C1. The number of alkyl halides is 1. The third-order valence-electron chi connectivity index (χ3n) is 7.13. The lowest BCUT2D eigenvalue weighted by Gasteiger charge is -2.35. The number of nitrogens with zero attached hydrogens (tertiary/aromatic N) is 5. The van der Waals surface area contributed by atoms with Gasteiger partial charge < -0.3 is 19.3 Å². The summed E-state index contributed by atoms with van der Waals surface area (Å²) < 4.78 is 40.4. The Balaban J connectivity index is 0.00000198. The highest BCUT2D eigenvalue weighted by Gasteiger charge is 2.30. The van der Waals surface area contributed by atoms with Crippen molar-refractivity contribution in [2.24, 2.45) is 0 Å². The van der Waals surface area contributed by atoms with E-state index in [0.29, 0.717) is 62.5 Å². The summed E-state index contributed by atoms with van der Waals surface area (Å²) in [4.78, 5) is 38.6. The molecule has 0 radical (unpaired) electrons. The number of allylic oxidation sites excluding steroid dienone is 3. The van der Waals surface area contributed by atoms with Crippen LogP contribution in [0.2, 0.25) is 0 Å². The number of rotatable bonds is 4. The van der Waals surface area contributed by atoms with Gasteiger partial charge in [-0.25, -0.2) is 23.5 Å². The Morgan fingerprint density at radius 1 is 1.07 bits per heavy atom. The summed E-state index contributed by atoms with van der Waals surface area (Å²) in [6.07, 6.45) is 5.68. The highest BCUT2D eigenvalue weighted by molar-refractivity contribution is 5.78. The average molecular weight is 586 g/mol. The summed E-state index contributed by atoms with van der Waals surface area (Å²) in [6.45, 7) is 13.1. The van der Waals surface area contributed by atoms with Gasteiger partial charge in [-0.1, -0.05) is 13.8 Å². The molecule has 2 aromatic rings. The van der Waals surface area contributed by atoms with E-state index in [-0.39, 0.29) is 24.2 Å². The van der Waals surface area contributed by atoms with Gasteiger partial charge >= 0.3 is 6.09 Å². The molecule has 3 aliphatic rings. The Kier molecular flexibility index (Phi) is 9.68. The average Bonchev–Trinajstić information content (AvgIpc) is 3.45. The number of halogens is 2. The smallest absolute Gasteiger partial charge is 0.418 e. The second-order valence-corrected chi connectivity index (χ2v) is 11.4. The van der Waals surface area contributed by atoms with Crippen LogP contribution in [0.4, 0.5) is 19.4 Å². The topological polar surface area (TPSA) is 89.8 Å². The molecule has 5 rings (SSSR count). The van der Waals surface area contributed by atoms with Crippen LogP contribution >= 0.6 is 0 Å². The molecule has 0 saturated carbocycles. The Morgan fingerprint density at radius 3 is 2.43 bits per heavy atom. The van der Waals surface area contributed by atoms with E-state index in [0.717, 1.165) is 17.5 Å². The summed E-state index contributed by atoms with van der Waals surface area (Å²) >= 11 is 0. The normalized spacial score (nSPS) is 19.2. The molecule has 1 amide bonds. The van der Waals surface area contributed by atoms with Crippen molar-refractivity contribution in [2.75, 3.05) is 24.5 Å². The number of ether oxygens (including phenoxy) is 2. The molecule has 2 aromatic heterocycles. The first-order valence-corrected chi connectivity index (χ1v) is 14.7. The van der Waals surface area contributed by atoms with Gasteiger partial charge in [-0.05, 0) is 39.0 Å². The van der Waals surface area contributed by atoms with E-state index in [1.165, 1.54) is 10.6 Å². The number of piperidine rings is 1. The van der Waals surface area contributed by atoms with E-state index < -0.39 is 23.7 Å². The number of fused-ring (bicyclic) bond motifs is 1. The van der Waals surface area contributed by atoms with Crippen LogP contribution in [0.5, 0.6) is 0 Å². The molecule has 1 aliphatic carbocycles. The minimum absolute atomic E-state index is 0.0161. The highest BCUT2D eigenvalue weighted by atomic mass is 19.1. The fourth-order valence-corrected chi connectivity index (χ4v) is 5.07. The molecule has 0 unspecified atom stereocenters. The van der Waals surface area contributed by atoms with Crippen LogP contribution in [0.3, 0.4) is 0 Å². The first-order chi connectivity index (χ1) is 20.0. The zero-order valence-electron chi connectivity index (χ0n) is 25.3. The predicted octanol–water partition coefficient (Wildman–Crippen LogP) is 6.12. The summed E-state index contributed by atoms with van der Waals surface area (Å²) in [5.74, 6) is 0.134. The highest BCUT2D eigenvalue weighted by Crippen LogP contribution is 2.34. The molecule has 0 spiro atoms. The van der Waals surface area contributed by atoms with E-state index in [2.05, 4.69) is 4.90 Å². The molecule has 9 nitrogen and oxygen atoms in total. The number of hydrogen-bond donors (Lipinski definition) is 0. The molecule has 2 aliphatic heterocycles. The maximum atomic E-state index is 14.2. The van der Waals surface area contributed by atoms with Gasteiger partial charge in [-0.15, -0.1) is 0 Å². The molecule has 1 fully saturated rings. The quantitative estimate of drug-likeness (QED) is 0.427. The van der Waals surface area contributed by atoms with Crippen molar-refractivity contribution in [3.63, 3.8) is 0 Å². The van der Waals surface area contributed by atoms with E-state index in [9.17, 15) is 18.4 Å². The third kappa shape index (κ3) is 7.35. The Morgan fingerprint density at radius 2 is 1.79 bits per heavy atom. The fourth-order valence-electron chi connectivity index (χ4n) is 5.07. The third-order valence-corrected chi connectivity index (χ3v) is 7.13. The first kappa shape index (κ1) is 31.2. The van der Waals surface area contributed by atoms with E-state index in [1.54, 1.807) is 30.3 Å². The molecule has 228 valence electrons. The maximum absolute atomic E-state index is 14.2. The first-order valence-electron chi connectivity index (χ1n) is 14.7. The Labute approximate surface area is 246 Å². The van der Waals surface area contributed by atoms with Crippen LogP contribution in [0.1, 0.15) is 72.2 Å². The van der Waals surface area contributed by atoms with E-state index in [4.69, 9.17) is 19.4 Å². The van der Waals surface area contributed by atoms with Crippen molar-refractivity contribution in [3.05, 3.63) is 53.6 Å². The monoisotopic (exact) mass is 585 g/mol. The summed E-state index contributed by atoms with van der Waals surface area (Å²) in [7, 11) is 0. The molecule has 1 atom stereocenters. The molecule has 0 bridgehead atoms. The van der Waals surface area contributed by atoms with Gasteiger partial charge in [0.05, 0.1) is 17.9 Å². The minimum Gasteiger partial charge on any atom is -0.488 e. The van der Waals surface area contributed by atoms with Gasteiger partial charge in [-0.2, -0.15) is 0 Å². The van der Waals surface area contributed by atoms with Crippen LogP contribution < -0.4 is 4.90 Å². The number of carbonyl (C=O) groups is 2. The van der Waals surface area contributed by atoms with Crippen molar-refractivity contribution in [2.45, 2.75) is 91.6 Å². The Hall–Kier alpha value is -3.76. The molecular formula is C31H41F2N5O4. The number of carbonyl (C=O) groups excluding carboxylic acids is 2. The molecule has 11 heteroatoms. The lowest BCUT2D eigenvalue weighted by molar-refractivity contribution is -0.129. The van der Waals surface area contributed by atoms with Crippen LogP contribution in [0.15, 0.2) is 42.2 Å². The standard InChI is InChI=1S/C29H35F2N5O4.C2H6/c1-18(37)35-14-10-23-24(17-35)32-26(19-7-11-36(16-19)28(38)40-29(2,3)4)27(33-23)34-12-8-21(9-13-34)39-25-6-5-20(30)15-22(25)31;1-2/h6-7,11,15-16,20-21H,5,8-10,12-14,17H2,1-4H3;1-2H3/t20-;/m1./s1. The fraction of sp³-hybridized carbons (Fsp3) is 0.548. The molecular weight excluding hydrogens is 544 g/mol. The van der Waals surface area contributed by atoms with Gasteiger partial charge in [0.2, 0.25) is 5.91 Å². The van der Waals surface area contributed by atoms with Gasteiger partial charge in [0, 0.05) is 70.2 Å². The van der Waals surface area contributed by atoms with Gasteiger partial charge in [0.15, 0.2) is 17.4 Å². The Bertz CT molecular complexity index is 1360. The minimum atomic E-state index is -1.32. The summed E-state index contributed by atoms with van der Waals surface area (Å²) in [5, 5.41) is 0. The van der Waals surface area contributed by atoms with E-state index in [1.807, 2.05) is 34.6 Å². The van der Waals surface area contributed by atoms with E-state index >= 15 is 0 Å². The second-order valence-electron chi connectivity index (χ2n) is 11.4. The summed E-state index contributed by atoms with van der Waals surface area (Å²) in [6, 6.07) is 1.80. The number of amides is 1. The van der Waals surface area contributed by atoms with Crippen LogP contribution in [-0.2, 0) is 27.2 Å². The van der Waals surface area contributed by atoms with Crippen molar-refractivity contribution >= 4 is 17.8 Å². The lowest BCUT2D eigenvalue weighted by atomic mass is 10.0.